The molecule has 0 bridgehead atoms. The van der Waals surface area contributed by atoms with E-state index in [4.69, 9.17) is 0 Å². The van der Waals surface area contributed by atoms with E-state index in [1.54, 1.807) is 51.4 Å². The van der Waals surface area contributed by atoms with Crippen LogP contribution in [0.5, 0.6) is 0 Å². The van der Waals surface area contributed by atoms with E-state index >= 15 is 0 Å². The minimum atomic E-state index is 0. The summed E-state index contributed by atoms with van der Waals surface area (Å²) in [6, 6.07) is 0. The van der Waals surface area contributed by atoms with E-state index in [2.05, 4.69) is 52.0 Å². The molecule has 3 aliphatic carbocycles. The Morgan fingerprint density at radius 2 is 0.684 bits per heavy atom. The maximum Gasteiger partial charge on any atom is 0 e. The van der Waals surface area contributed by atoms with Crippen LogP contribution in [0.3, 0.4) is 0 Å². The molecular formula is C34H62FeP2Rh. The molecule has 2 saturated carbocycles. The first-order valence-corrected chi connectivity index (χ1v) is 19.7. The zero-order chi connectivity index (χ0) is 25.6. The molecule has 0 N–H and O–H groups in total. The molecule has 2 aliphatic heterocycles. The SMILES string of the molecule is C1=CCC/C=C\CC1.CC[C@@H]1CC[C@@H](CC)P1C1CCCC1.CC[C@@H]1CC[C@@H](CC)P1C1CCCC1.[Fe].[Rh]. The second kappa shape index (κ2) is 22.1. The molecule has 0 aromatic carbocycles. The number of allylic oxidation sites excluding steroid dienone is 4. The molecule has 0 nitrogen and oxygen atoms in total. The van der Waals surface area contributed by atoms with E-state index in [0.717, 1.165) is 22.6 Å². The van der Waals surface area contributed by atoms with Crippen molar-refractivity contribution < 1.29 is 36.5 Å². The number of rotatable bonds is 6. The van der Waals surface area contributed by atoms with Crippen LogP contribution in [-0.4, -0.2) is 34.0 Å². The van der Waals surface area contributed by atoms with Crippen LogP contribution in [0, 0.1) is 0 Å². The second-order valence-electron chi connectivity index (χ2n) is 12.3. The van der Waals surface area contributed by atoms with Gasteiger partial charge in [0.1, 0.15) is 0 Å². The van der Waals surface area contributed by atoms with Gasteiger partial charge >= 0.3 is 0 Å². The van der Waals surface area contributed by atoms with Crippen LogP contribution < -0.4 is 0 Å². The van der Waals surface area contributed by atoms with Gasteiger partial charge in [0.2, 0.25) is 0 Å². The van der Waals surface area contributed by atoms with Gasteiger partial charge in [0, 0.05) is 36.5 Å². The van der Waals surface area contributed by atoms with E-state index in [1.807, 2.05) is 0 Å². The Hall–Kier alpha value is 1.48. The Morgan fingerprint density at radius 1 is 0.447 bits per heavy atom. The van der Waals surface area contributed by atoms with Crippen LogP contribution in [0.2, 0.25) is 0 Å². The first-order chi connectivity index (χ1) is 17.7. The van der Waals surface area contributed by atoms with Crippen molar-refractivity contribution in [3.63, 3.8) is 0 Å². The first-order valence-electron chi connectivity index (χ1n) is 16.6. The zero-order valence-electron chi connectivity index (χ0n) is 25.5. The zero-order valence-corrected chi connectivity index (χ0v) is 30.0. The standard InChI is InChI=1S/2C13H25P.C8H12.Fe.Rh/c2*1-3-11-9-10-12(4-2)14(11)13-7-5-6-8-13;1-2-4-6-8-7-5-3-1;;/h2*11-13H,3-10H2,1-2H3;1-2,7-8H,3-6H2;;/b;;2-1-,8-7?;;/t2*11-,12-;;;/m11.../s1. The van der Waals surface area contributed by atoms with Crippen molar-refractivity contribution in [2.75, 3.05) is 0 Å². The van der Waals surface area contributed by atoms with Gasteiger partial charge in [-0.2, -0.15) is 0 Å². The van der Waals surface area contributed by atoms with Crippen LogP contribution in [-0.2, 0) is 36.5 Å². The van der Waals surface area contributed by atoms with Crippen molar-refractivity contribution in [2.24, 2.45) is 0 Å². The van der Waals surface area contributed by atoms with Crippen molar-refractivity contribution in [1.82, 2.24) is 0 Å². The smallest absolute Gasteiger partial charge is 0 e. The summed E-state index contributed by atoms with van der Waals surface area (Å²) in [7, 11) is 0.853. The van der Waals surface area contributed by atoms with E-state index in [1.165, 1.54) is 88.4 Å². The van der Waals surface area contributed by atoms with Gasteiger partial charge in [-0.3, -0.25) is 0 Å². The van der Waals surface area contributed by atoms with E-state index < -0.39 is 0 Å². The maximum atomic E-state index is 2.42. The Kier molecular flexibility index (Phi) is 21.8. The van der Waals surface area contributed by atoms with Crippen molar-refractivity contribution in [2.45, 2.75) is 190 Å². The largest absolute Gasteiger partial charge is 0.0972 e. The van der Waals surface area contributed by atoms with Crippen molar-refractivity contribution in [3.05, 3.63) is 24.3 Å². The molecule has 225 valence electrons. The molecule has 4 heteroatoms. The summed E-state index contributed by atoms with van der Waals surface area (Å²) in [6.45, 7) is 9.69. The van der Waals surface area contributed by atoms with E-state index in [-0.39, 0.29) is 36.5 Å². The quantitative estimate of drug-likeness (QED) is 0.148. The topological polar surface area (TPSA) is 0 Å². The molecule has 0 unspecified atom stereocenters. The average molecular weight is 692 g/mol. The van der Waals surface area contributed by atoms with Crippen molar-refractivity contribution in [1.29, 1.82) is 0 Å². The summed E-state index contributed by atoms with van der Waals surface area (Å²) in [5.74, 6) is 0. The second-order valence-corrected chi connectivity index (χ2v) is 18.4. The third-order valence-electron chi connectivity index (χ3n) is 10.1. The van der Waals surface area contributed by atoms with Crippen molar-refractivity contribution >= 4 is 15.8 Å². The average Bonchev–Trinajstić information content (AvgIpc) is 3.69. The molecule has 4 atom stereocenters. The molecule has 38 heavy (non-hydrogen) atoms. The number of hydrogen-bond donors (Lipinski definition) is 0. The summed E-state index contributed by atoms with van der Waals surface area (Å²) in [4.78, 5) is 0. The van der Waals surface area contributed by atoms with Gasteiger partial charge in [-0.25, -0.2) is 0 Å². The van der Waals surface area contributed by atoms with Gasteiger partial charge in [-0.05, 0) is 137 Å². The minimum absolute atomic E-state index is 0. The molecule has 5 rings (SSSR count). The Balaban J connectivity index is 0.000000288. The molecule has 0 amide bonds. The molecule has 0 aromatic rings. The molecule has 1 radical (unpaired) electrons. The first kappa shape index (κ1) is 37.5. The van der Waals surface area contributed by atoms with Gasteiger partial charge < -0.3 is 0 Å². The van der Waals surface area contributed by atoms with Crippen LogP contribution in [0.4, 0.5) is 0 Å². The Labute approximate surface area is 265 Å². The van der Waals surface area contributed by atoms with Gasteiger partial charge in [-0.15, -0.1) is 0 Å². The van der Waals surface area contributed by atoms with Gasteiger partial charge in [0.05, 0.1) is 0 Å². The van der Waals surface area contributed by atoms with Crippen LogP contribution >= 0.6 is 15.8 Å². The summed E-state index contributed by atoms with van der Waals surface area (Å²) in [5, 5.41) is 0. The summed E-state index contributed by atoms with van der Waals surface area (Å²) < 4.78 is 0. The molecule has 0 spiro atoms. The van der Waals surface area contributed by atoms with Crippen LogP contribution in [0.15, 0.2) is 24.3 Å². The van der Waals surface area contributed by atoms with Gasteiger partial charge in [0.15, 0.2) is 0 Å². The van der Waals surface area contributed by atoms with E-state index in [9.17, 15) is 0 Å². The fourth-order valence-electron chi connectivity index (χ4n) is 8.08. The van der Waals surface area contributed by atoms with Crippen molar-refractivity contribution in [3.8, 4) is 0 Å². The summed E-state index contributed by atoms with van der Waals surface area (Å²) in [6.07, 6.45) is 38.6. The predicted octanol–water partition coefficient (Wildman–Crippen LogP) is 12.2. The Bertz CT molecular complexity index is 536. The van der Waals surface area contributed by atoms with Crippen LogP contribution in [0.1, 0.15) is 156 Å². The number of hydrogen-bond acceptors (Lipinski definition) is 0. The molecule has 2 saturated heterocycles. The van der Waals surface area contributed by atoms with Gasteiger partial charge in [-0.1, -0.05) is 93.5 Å². The minimum Gasteiger partial charge on any atom is -0.0972 e. The van der Waals surface area contributed by atoms with Crippen LogP contribution in [0.25, 0.3) is 0 Å². The molecule has 4 fully saturated rings. The fraction of sp³-hybridized carbons (Fsp3) is 0.882. The molecular weight excluding hydrogens is 629 g/mol. The Morgan fingerprint density at radius 3 is 0.895 bits per heavy atom. The molecule has 0 aromatic heterocycles. The maximum absolute atomic E-state index is 2.42. The third kappa shape index (κ3) is 11.6. The normalized spacial score (nSPS) is 31.3. The van der Waals surface area contributed by atoms with Gasteiger partial charge in [0.25, 0.3) is 0 Å². The van der Waals surface area contributed by atoms with E-state index in [0.29, 0.717) is 15.8 Å². The third-order valence-corrected chi connectivity index (χ3v) is 18.6. The predicted molar refractivity (Wildman–Crippen MR) is 170 cm³/mol. The molecule has 2 heterocycles. The monoisotopic (exact) mass is 691 g/mol. The fourth-order valence-corrected chi connectivity index (χ4v) is 17.1. The summed E-state index contributed by atoms with van der Waals surface area (Å²) >= 11 is 0. The summed E-state index contributed by atoms with van der Waals surface area (Å²) in [5.41, 5.74) is 6.97. The molecule has 5 aliphatic rings.